The lowest BCUT2D eigenvalue weighted by Gasteiger charge is -2.06. The number of aromatic nitrogens is 2. The molecule has 0 saturated heterocycles. The summed E-state index contributed by atoms with van der Waals surface area (Å²) in [5.41, 5.74) is 5.37. The number of carbonyl (C=O) groups excluding carboxylic acids is 1. The van der Waals surface area contributed by atoms with E-state index in [1.54, 1.807) is 0 Å². The van der Waals surface area contributed by atoms with Crippen molar-refractivity contribution in [1.29, 1.82) is 0 Å². The van der Waals surface area contributed by atoms with Gasteiger partial charge in [0.15, 0.2) is 0 Å². The molecule has 0 unspecified atom stereocenters. The fourth-order valence-corrected chi connectivity index (χ4v) is 2.63. The van der Waals surface area contributed by atoms with Gasteiger partial charge in [0, 0.05) is 13.6 Å². The highest BCUT2D eigenvalue weighted by molar-refractivity contribution is 5.79. The number of imidazole rings is 1. The predicted octanol–water partition coefficient (Wildman–Crippen LogP) is 3.05. The van der Waals surface area contributed by atoms with Gasteiger partial charge in [-0.2, -0.15) is 0 Å². The molecule has 23 heavy (non-hydrogen) atoms. The molecule has 1 N–H and O–H groups in total. The van der Waals surface area contributed by atoms with Crippen LogP contribution >= 0.6 is 0 Å². The molecule has 1 heterocycles. The molecular formula is C19H21N3O. The quantitative estimate of drug-likeness (QED) is 0.805. The van der Waals surface area contributed by atoms with Crippen molar-refractivity contribution in [3.8, 4) is 0 Å². The van der Waals surface area contributed by atoms with Crippen LogP contribution in [0.15, 0.2) is 42.5 Å². The predicted molar refractivity (Wildman–Crippen MR) is 92.2 cm³/mol. The van der Waals surface area contributed by atoms with Gasteiger partial charge in [0.2, 0.25) is 5.91 Å². The molecule has 0 saturated carbocycles. The highest BCUT2D eigenvalue weighted by atomic mass is 16.1. The first-order valence-electron chi connectivity index (χ1n) is 7.77. The van der Waals surface area contributed by atoms with E-state index in [4.69, 9.17) is 0 Å². The molecule has 0 aliphatic carbocycles. The molecule has 3 rings (SSSR count). The van der Waals surface area contributed by atoms with Crippen LogP contribution in [0.4, 0.5) is 0 Å². The lowest BCUT2D eigenvalue weighted by atomic mass is 10.1. The minimum absolute atomic E-state index is 0.0335. The standard InChI is InChI=1S/C19H21N3O/c1-13-4-6-15(7-5-13)11-19(23)20-12-16-8-9-18-17(10-16)21-14(2)22(18)3/h4-10H,11-12H2,1-3H3,(H,20,23). The minimum atomic E-state index is 0.0335. The van der Waals surface area contributed by atoms with Crippen molar-refractivity contribution >= 4 is 16.9 Å². The molecule has 4 heteroatoms. The van der Waals surface area contributed by atoms with Gasteiger partial charge in [-0.15, -0.1) is 0 Å². The molecule has 0 radical (unpaired) electrons. The van der Waals surface area contributed by atoms with Crippen molar-refractivity contribution in [2.45, 2.75) is 26.8 Å². The first-order valence-corrected chi connectivity index (χ1v) is 7.77. The number of fused-ring (bicyclic) bond motifs is 1. The fourth-order valence-electron chi connectivity index (χ4n) is 2.63. The van der Waals surface area contributed by atoms with E-state index in [9.17, 15) is 4.79 Å². The molecular weight excluding hydrogens is 286 g/mol. The second-order valence-corrected chi connectivity index (χ2v) is 5.98. The fraction of sp³-hybridized carbons (Fsp3) is 0.263. The van der Waals surface area contributed by atoms with Crippen LogP contribution in [0.3, 0.4) is 0 Å². The molecule has 4 nitrogen and oxygen atoms in total. The number of hydrogen-bond donors (Lipinski definition) is 1. The van der Waals surface area contributed by atoms with Crippen LogP contribution in [0.5, 0.6) is 0 Å². The van der Waals surface area contributed by atoms with Crippen molar-refractivity contribution in [2.75, 3.05) is 0 Å². The molecule has 0 fully saturated rings. The normalized spacial score (nSPS) is 10.9. The maximum atomic E-state index is 12.1. The van der Waals surface area contributed by atoms with Gasteiger partial charge in [-0.25, -0.2) is 4.98 Å². The second kappa shape index (κ2) is 6.24. The van der Waals surface area contributed by atoms with E-state index in [2.05, 4.69) is 20.9 Å². The van der Waals surface area contributed by atoms with Crippen LogP contribution in [-0.4, -0.2) is 15.5 Å². The average Bonchev–Trinajstić information content (AvgIpc) is 2.82. The lowest BCUT2D eigenvalue weighted by Crippen LogP contribution is -2.24. The van der Waals surface area contributed by atoms with E-state index in [-0.39, 0.29) is 5.91 Å². The number of rotatable bonds is 4. The van der Waals surface area contributed by atoms with E-state index in [0.29, 0.717) is 13.0 Å². The van der Waals surface area contributed by atoms with Crippen molar-refractivity contribution < 1.29 is 4.79 Å². The summed E-state index contributed by atoms with van der Waals surface area (Å²) >= 11 is 0. The largest absolute Gasteiger partial charge is 0.352 e. The van der Waals surface area contributed by atoms with Gasteiger partial charge in [-0.1, -0.05) is 35.9 Å². The molecule has 1 amide bonds. The number of hydrogen-bond acceptors (Lipinski definition) is 2. The zero-order valence-corrected chi connectivity index (χ0v) is 13.8. The molecule has 0 aliphatic heterocycles. The third-order valence-electron chi connectivity index (χ3n) is 4.14. The first kappa shape index (κ1) is 15.3. The molecule has 2 aromatic carbocycles. The molecule has 0 spiro atoms. The Labute approximate surface area is 136 Å². The average molecular weight is 307 g/mol. The molecule has 0 aliphatic rings. The van der Waals surface area contributed by atoms with E-state index in [1.165, 1.54) is 5.56 Å². The van der Waals surface area contributed by atoms with Crippen LogP contribution in [0.2, 0.25) is 0 Å². The van der Waals surface area contributed by atoms with Crippen molar-refractivity contribution in [3.63, 3.8) is 0 Å². The Hall–Kier alpha value is -2.62. The molecule has 0 atom stereocenters. The number of benzene rings is 2. The minimum Gasteiger partial charge on any atom is -0.352 e. The summed E-state index contributed by atoms with van der Waals surface area (Å²) in [5, 5.41) is 2.97. The monoisotopic (exact) mass is 307 g/mol. The summed E-state index contributed by atoms with van der Waals surface area (Å²) in [6, 6.07) is 14.2. The molecule has 0 bridgehead atoms. The highest BCUT2D eigenvalue weighted by Gasteiger charge is 2.07. The Kier molecular flexibility index (Phi) is 4.15. The summed E-state index contributed by atoms with van der Waals surface area (Å²) in [7, 11) is 2.01. The Morgan fingerprint density at radius 2 is 1.78 bits per heavy atom. The Morgan fingerprint density at radius 3 is 2.52 bits per heavy atom. The third-order valence-corrected chi connectivity index (χ3v) is 4.14. The van der Waals surface area contributed by atoms with Crippen molar-refractivity contribution in [3.05, 3.63) is 65.0 Å². The maximum absolute atomic E-state index is 12.1. The SMILES string of the molecule is Cc1ccc(CC(=O)NCc2ccc3c(c2)nc(C)n3C)cc1. The molecule has 3 aromatic rings. The van der Waals surface area contributed by atoms with Gasteiger partial charge < -0.3 is 9.88 Å². The number of nitrogens with one attached hydrogen (secondary N) is 1. The molecule has 118 valence electrons. The second-order valence-electron chi connectivity index (χ2n) is 5.98. The summed E-state index contributed by atoms with van der Waals surface area (Å²) < 4.78 is 2.06. The van der Waals surface area contributed by atoms with Crippen LogP contribution in [0, 0.1) is 13.8 Å². The zero-order chi connectivity index (χ0) is 16.4. The van der Waals surface area contributed by atoms with Crippen LogP contribution in [0.25, 0.3) is 11.0 Å². The van der Waals surface area contributed by atoms with Gasteiger partial charge >= 0.3 is 0 Å². The van der Waals surface area contributed by atoms with E-state index in [1.807, 2.05) is 57.3 Å². The highest BCUT2D eigenvalue weighted by Crippen LogP contribution is 2.16. The third kappa shape index (κ3) is 3.42. The smallest absolute Gasteiger partial charge is 0.224 e. The van der Waals surface area contributed by atoms with E-state index in [0.717, 1.165) is 28.0 Å². The Morgan fingerprint density at radius 1 is 1.09 bits per heavy atom. The molecule has 1 aromatic heterocycles. The summed E-state index contributed by atoms with van der Waals surface area (Å²) in [6.07, 6.45) is 0.408. The number of amides is 1. The van der Waals surface area contributed by atoms with Crippen LogP contribution in [0.1, 0.15) is 22.5 Å². The van der Waals surface area contributed by atoms with Crippen molar-refractivity contribution in [1.82, 2.24) is 14.9 Å². The first-order chi connectivity index (χ1) is 11.0. The van der Waals surface area contributed by atoms with Gasteiger partial charge in [0.1, 0.15) is 5.82 Å². The van der Waals surface area contributed by atoms with Gasteiger partial charge in [-0.3, -0.25) is 4.79 Å². The summed E-state index contributed by atoms with van der Waals surface area (Å²) in [6.45, 7) is 4.55. The lowest BCUT2D eigenvalue weighted by molar-refractivity contribution is -0.120. The topological polar surface area (TPSA) is 46.9 Å². The number of nitrogens with zero attached hydrogens (tertiary/aromatic N) is 2. The van der Waals surface area contributed by atoms with E-state index < -0.39 is 0 Å². The summed E-state index contributed by atoms with van der Waals surface area (Å²) in [5.74, 6) is 1.02. The van der Waals surface area contributed by atoms with Crippen LogP contribution in [-0.2, 0) is 24.8 Å². The Balaban J connectivity index is 1.63. The number of aryl methyl sites for hydroxylation is 3. The zero-order valence-electron chi connectivity index (χ0n) is 13.8. The number of carbonyl (C=O) groups is 1. The van der Waals surface area contributed by atoms with Gasteiger partial charge in [0.05, 0.1) is 17.5 Å². The van der Waals surface area contributed by atoms with Gasteiger partial charge in [-0.05, 0) is 37.1 Å². The van der Waals surface area contributed by atoms with Crippen LogP contribution < -0.4 is 5.32 Å². The van der Waals surface area contributed by atoms with Crippen molar-refractivity contribution in [2.24, 2.45) is 7.05 Å². The summed E-state index contributed by atoms with van der Waals surface area (Å²) in [4.78, 5) is 16.6. The van der Waals surface area contributed by atoms with E-state index >= 15 is 0 Å². The maximum Gasteiger partial charge on any atom is 0.224 e. The van der Waals surface area contributed by atoms with Gasteiger partial charge in [0.25, 0.3) is 0 Å². The Bertz CT molecular complexity index is 847.